The molecular weight excluding hydrogens is 232 g/mol. The lowest BCUT2D eigenvalue weighted by atomic mass is 10.2. The molecule has 0 aromatic carbocycles. The zero-order valence-electron chi connectivity index (χ0n) is 9.89. The maximum atomic E-state index is 4.25. The normalized spacial score (nSPS) is 10.4. The minimum Gasteiger partial charge on any atom is -0.360 e. The van der Waals surface area contributed by atoms with Crippen molar-refractivity contribution < 1.29 is 0 Å². The van der Waals surface area contributed by atoms with Crippen LogP contribution in [-0.4, -0.2) is 21.7 Å². The summed E-state index contributed by atoms with van der Waals surface area (Å²) in [6, 6.07) is 5.80. The van der Waals surface area contributed by atoms with Gasteiger partial charge in [-0.25, -0.2) is 0 Å². The van der Waals surface area contributed by atoms with E-state index in [1.807, 2.05) is 18.2 Å². The van der Waals surface area contributed by atoms with Gasteiger partial charge in [-0.3, -0.25) is 4.98 Å². The maximum Gasteiger partial charge on any atom is 0.206 e. The van der Waals surface area contributed by atoms with E-state index in [9.17, 15) is 0 Å². The zero-order chi connectivity index (χ0) is 11.9. The fourth-order valence-corrected chi connectivity index (χ4v) is 2.20. The van der Waals surface area contributed by atoms with E-state index in [1.165, 1.54) is 19.3 Å². The Bertz CT molecular complexity index is 441. The molecule has 2 aromatic heterocycles. The van der Waals surface area contributed by atoms with E-state index in [1.54, 1.807) is 17.5 Å². The topological polar surface area (TPSA) is 50.7 Å². The Kier molecular flexibility index (Phi) is 4.44. The first-order chi connectivity index (χ1) is 8.40. The molecule has 2 aromatic rings. The van der Waals surface area contributed by atoms with Crippen molar-refractivity contribution in [3.05, 3.63) is 24.4 Å². The highest BCUT2D eigenvalue weighted by Crippen LogP contribution is 2.24. The molecule has 0 saturated heterocycles. The monoisotopic (exact) mass is 248 g/mol. The molecule has 4 nitrogen and oxygen atoms in total. The summed E-state index contributed by atoms with van der Waals surface area (Å²) in [5, 5.41) is 13.3. The van der Waals surface area contributed by atoms with Crippen molar-refractivity contribution in [2.45, 2.75) is 26.2 Å². The van der Waals surface area contributed by atoms with E-state index in [2.05, 4.69) is 27.4 Å². The Morgan fingerprint density at radius 3 is 2.94 bits per heavy atom. The highest BCUT2D eigenvalue weighted by Gasteiger charge is 2.06. The van der Waals surface area contributed by atoms with Crippen LogP contribution < -0.4 is 5.32 Å². The Labute approximate surface area is 105 Å². The summed E-state index contributed by atoms with van der Waals surface area (Å²) in [5.74, 6) is 0. The third kappa shape index (κ3) is 3.49. The molecule has 5 heteroatoms. The molecule has 0 bridgehead atoms. The summed E-state index contributed by atoms with van der Waals surface area (Å²) in [7, 11) is 0. The molecule has 0 saturated carbocycles. The fourth-order valence-electron chi connectivity index (χ4n) is 1.46. The molecular formula is C12H16N4S. The lowest BCUT2D eigenvalue weighted by Gasteiger charge is -1.99. The van der Waals surface area contributed by atoms with Gasteiger partial charge in [-0.2, -0.15) is 0 Å². The molecule has 0 atom stereocenters. The van der Waals surface area contributed by atoms with Gasteiger partial charge in [0.25, 0.3) is 0 Å². The van der Waals surface area contributed by atoms with Gasteiger partial charge in [0, 0.05) is 12.7 Å². The first kappa shape index (κ1) is 12.0. The van der Waals surface area contributed by atoms with Gasteiger partial charge in [-0.15, -0.1) is 10.2 Å². The SMILES string of the molecule is CCCCCNc1nnc(-c2ccccn2)s1. The second-order valence-electron chi connectivity index (χ2n) is 3.76. The minimum atomic E-state index is 0.864. The van der Waals surface area contributed by atoms with Crippen LogP contribution in [0.3, 0.4) is 0 Å². The molecule has 17 heavy (non-hydrogen) atoms. The molecule has 0 radical (unpaired) electrons. The third-order valence-electron chi connectivity index (χ3n) is 2.37. The summed E-state index contributed by atoms with van der Waals surface area (Å²) in [6.07, 6.45) is 5.43. The van der Waals surface area contributed by atoms with Crippen molar-refractivity contribution in [3.8, 4) is 10.7 Å². The predicted octanol–water partition coefficient (Wildman–Crippen LogP) is 3.20. The smallest absolute Gasteiger partial charge is 0.206 e. The Morgan fingerprint density at radius 1 is 1.24 bits per heavy atom. The molecule has 1 N–H and O–H groups in total. The zero-order valence-corrected chi connectivity index (χ0v) is 10.7. The lowest BCUT2D eigenvalue weighted by molar-refractivity contribution is 0.742. The number of unbranched alkanes of at least 4 members (excludes halogenated alkanes) is 2. The van der Waals surface area contributed by atoms with E-state index in [4.69, 9.17) is 0 Å². The van der Waals surface area contributed by atoms with Crippen LogP contribution in [0.1, 0.15) is 26.2 Å². The van der Waals surface area contributed by atoms with Crippen molar-refractivity contribution in [3.63, 3.8) is 0 Å². The molecule has 0 aliphatic rings. The maximum absolute atomic E-state index is 4.25. The first-order valence-corrected chi connectivity index (χ1v) is 6.70. The number of aromatic nitrogens is 3. The van der Waals surface area contributed by atoms with Crippen LogP contribution in [0.4, 0.5) is 5.13 Å². The van der Waals surface area contributed by atoms with Gasteiger partial charge in [0.2, 0.25) is 5.13 Å². The fraction of sp³-hybridized carbons (Fsp3) is 0.417. The minimum absolute atomic E-state index is 0.864. The molecule has 0 amide bonds. The van der Waals surface area contributed by atoms with Crippen LogP contribution in [0.2, 0.25) is 0 Å². The number of anilines is 1. The summed E-state index contributed by atoms with van der Waals surface area (Å²) in [4.78, 5) is 4.25. The molecule has 0 spiro atoms. The Balaban J connectivity index is 1.92. The number of pyridine rings is 1. The van der Waals surface area contributed by atoms with Crippen LogP contribution in [0, 0.1) is 0 Å². The molecule has 2 rings (SSSR count). The van der Waals surface area contributed by atoms with Crippen LogP contribution >= 0.6 is 11.3 Å². The van der Waals surface area contributed by atoms with Crippen molar-refractivity contribution in [2.24, 2.45) is 0 Å². The largest absolute Gasteiger partial charge is 0.360 e. The molecule has 0 aliphatic carbocycles. The van der Waals surface area contributed by atoms with E-state index in [0.29, 0.717) is 0 Å². The number of nitrogens with zero attached hydrogens (tertiary/aromatic N) is 3. The second kappa shape index (κ2) is 6.30. The molecule has 90 valence electrons. The van der Waals surface area contributed by atoms with Crippen molar-refractivity contribution >= 4 is 16.5 Å². The molecule has 0 aliphatic heterocycles. The van der Waals surface area contributed by atoms with Crippen LogP contribution in [0.5, 0.6) is 0 Å². The Morgan fingerprint density at radius 2 is 2.18 bits per heavy atom. The van der Waals surface area contributed by atoms with Crippen molar-refractivity contribution in [1.82, 2.24) is 15.2 Å². The summed E-state index contributed by atoms with van der Waals surface area (Å²) >= 11 is 1.55. The van der Waals surface area contributed by atoms with Crippen molar-refractivity contribution in [2.75, 3.05) is 11.9 Å². The first-order valence-electron chi connectivity index (χ1n) is 5.89. The van der Waals surface area contributed by atoms with Gasteiger partial charge in [0.1, 0.15) is 5.69 Å². The Hall–Kier alpha value is -1.49. The van der Waals surface area contributed by atoms with Crippen molar-refractivity contribution in [1.29, 1.82) is 0 Å². The van der Waals surface area contributed by atoms with E-state index in [-0.39, 0.29) is 0 Å². The van der Waals surface area contributed by atoms with Gasteiger partial charge >= 0.3 is 0 Å². The summed E-state index contributed by atoms with van der Waals surface area (Å²) in [5.41, 5.74) is 0.881. The molecule has 0 fully saturated rings. The van der Waals surface area contributed by atoms with Gasteiger partial charge in [-0.05, 0) is 18.6 Å². The molecule has 0 unspecified atom stereocenters. The van der Waals surface area contributed by atoms with E-state index < -0.39 is 0 Å². The van der Waals surface area contributed by atoms with Crippen LogP contribution in [0.25, 0.3) is 10.7 Å². The lowest BCUT2D eigenvalue weighted by Crippen LogP contribution is -2.00. The average molecular weight is 248 g/mol. The van der Waals surface area contributed by atoms with Gasteiger partial charge in [0.05, 0.1) is 0 Å². The van der Waals surface area contributed by atoms with Crippen LogP contribution in [-0.2, 0) is 0 Å². The van der Waals surface area contributed by atoms with Gasteiger partial charge in [-0.1, -0.05) is 37.2 Å². The highest BCUT2D eigenvalue weighted by atomic mass is 32.1. The van der Waals surface area contributed by atoms with Gasteiger partial charge in [0.15, 0.2) is 5.01 Å². The third-order valence-corrected chi connectivity index (χ3v) is 3.27. The van der Waals surface area contributed by atoms with Crippen LogP contribution in [0.15, 0.2) is 24.4 Å². The van der Waals surface area contributed by atoms with Gasteiger partial charge < -0.3 is 5.32 Å². The highest BCUT2D eigenvalue weighted by molar-refractivity contribution is 7.18. The number of nitrogens with one attached hydrogen (secondary N) is 1. The molecule has 2 heterocycles. The average Bonchev–Trinajstić information content (AvgIpc) is 2.85. The standard InChI is InChI=1S/C12H16N4S/c1-2-3-5-9-14-12-16-15-11(17-12)10-7-4-6-8-13-10/h4,6-8H,2-3,5,9H2,1H3,(H,14,16). The van der Waals surface area contributed by atoms with E-state index in [0.717, 1.165) is 22.4 Å². The number of hydrogen-bond donors (Lipinski definition) is 1. The predicted molar refractivity (Wildman–Crippen MR) is 71.2 cm³/mol. The van der Waals surface area contributed by atoms with E-state index >= 15 is 0 Å². The number of hydrogen-bond acceptors (Lipinski definition) is 5. The quantitative estimate of drug-likeness (QED) is 0.798. The number of rotatable bonds is 6. The summed E-state index contributed by atoms with van der Waals surface area (Å²) in [6.45, 7) is 3.16. The summed E-state index contributed by atoms with van der Waals surface area (Å²) < 4.78 is 0. The second-order valence-corrected chi connectivity index (χ2v) is 4.74.